The van der Waals surface area contributed by atoms with Gasteiger partial charge in [-0.3, -0.25) is 0 Å². The van der Waals surface area contributed by atoms with Crippen LogP contribution in [0.5, 0.6) is 0 Å². The molecule has 29 heavy (non-hydrogen) atoms. The summed E-state index contributed by atoms with van der Waals surface area (Å²) < 4.78 is 0. The van der Waals surface area contributed by atoms with Gasteiger partial charge in [0, 0.05) is 6.42 Å². The van der Waals surface area contributed by atoms with E-state index < -0.39 is 23.0 Å². The molecule has 2 unspecified atom stereocenters. The predicted octanol–water partition coefficient (Wildman–Crippen LogP) is 6.96. The van der Waals surface area contributed by atoms with Crippen LogP contribution in [-0.2, 0) is 24.3 Å². The van der Waals surface area contributed by atoms with E-state index in [1.165, 1.54) is 0 Å². The van der Waals surface area contributed by atoms with E-state index in [1.807, 2.05) is 34.6 Å². The summed E-state index contributed by atoms with van der Waals surface area (Å²) in [6.45, 7) is 14.1. The molecule has 0 rings (SSSR count). The van der Waals surface area contributed by atoms with Crippen molar-refractivity contribution < 1.29 is 29.5 Å². The zero-order valence-electron chi connectivity index (χ0n) is 20.0. The maximum Gasteiger partial charge on any atom is 0.370 e. The highest BCUT2D eigenvalue weighted by Gasteiger charge is 2.47. The normalized spacial score (nSPS) is 18.0. The van der Waals surface area contributed by atoms with Crippen molar-refractivity contribution in [3.63, 3.8) is 0 Å². The summed E-state index contributed by atoms with van der Waals surface area (Å²) in [6, 6.07) is 0. The van der Waals surface area contributed by atoms with Crippen molar-refractivity contribution in [2.75, 3.05) is 0 Å². The fourth-order valence-corrected chi connectivity index (χ4v) is 2.99. The van der Waals surface area contributed by atoms with Crippen LogP contribution >= 0.6 is 0 Å². The van der Waals surface area contributed by atoms with Gasteiger partial charge >= 0.3 is 11.8 Å². The second kappa shape index (κ2) is 14.3. The third-order valence-electron chi connectivity index (χ3n) is 5.77. The van der Waals surface area contributed by atoms with E-state index in [0.717, 1.165) is 51.4 Å². The Hall–Kier alpha value is -0.690. The molecule has 0 aliphatic rings. The Morgan fingerprint density at radius 3 is 1.34 bits per heavy atom. The van der Waals surface area contributed by atoms with Crippen LogP contribution in [0.3, 0.4) is 0 Å². The van der Waals surface area contributed by atoms with E-state index in [-0.39, 0.29) is 6.42 Å². The summed E-state index contributed by atoms with van der Waals surface area (Å²) in [5.74, 6) is -3.21. The molecule has 2 atom stereocenters. The zero-order valence-corrected chi connectivity index (χ0v) is 20.0. The Morgan fingerprint density at radius 1 is 0.655 bits per heavy atom. The van der Waals surface area contributed by atoms with Crippen molar-refractivity contribution in [1.82, 2.24) is 0 Å². The first-order valence-corrected chi connectivity index (χ1v) is 11.6. The van der Waals surface area contributed by atoms with Crippen LogP contribution in [0.4, 0.5) is 0 Å². The number of hydrogen-bond donors (Lipinski definition) is 1. The van der Waals surface area contributed by atoms with Gasteiger partial charge in [-0.05, 0) is 39.5 Å². The maximum absolute atomic E-state index is 12.1. The van der Waals surface area contributed by atoms with Gasteiger partial charge in [-0.2, -0.15) is 9.78 Å². The van der Waals surface area contributed by atoms with Gasteiger partial charge in [-0.15, -0.1) is 0 Å². The first-order chi connectivity index (χ1) is 13.7. The average Bonchev–Trinajstić information content (AvgIpc) is 2.70. The average molecular weight is 419 g/mol. The van der Waals surface area contributed by atoms with Gasteiger partial charge in [-0.25, -0.2) is 14.6 Å². The van der Waals surface area contributed by atoms with E-state index in [4.69, 9.17) is 19.6 Å². The largest absolute Gasteiger partial charge is 0.477 e. The van der Waals surface area contributed by atoms with Gasteiger partial charge in [0.1, 0.15) is 11.2 Å². The van der Waals surface area contributed by atoms with E-state index >= 15 is 0 Å². The Bertz CT molecular complexity index is 413. The molecule has 6 heteroatoms. The van der Waals surface area contributed by atoms with Gasteiger partial charge in [0.2, 0.25) is 0 Å². The Labute approximate surface area is 178 Å². The summed E-state index contributed by atoms with van der Waals surface area (Å²) in [4.78, 5) is 34.6. The first kappa shape index (κ1) is 28.3. The molecule has 0 amide bonds. The van der Waals surface area contributed by atoms with Crippen molar-refractivity contribution in [2.45, 2.75) is 143 Å². The highest BCUT2D eigenvalue weighted by Crippen LogP contribution is 2.32. The van der Waals surface area contributed by atoms with Crippen LogP contribution in [0.2, 0.25) is 0 Å². The zero-order chi connectivity index (χ0) is 22.4. The van der Waals surface area contributed by atoms with Crippen LogP contribution in [0.25, 0.3) is 0 Å². The molecule has 0 aromatic rings. The molecule has 0 heterocycles. The first-order valence-electron chi connectivity index (χ1n) is 11.6. The van der Waals surface area contributed by atoms with Crippen molar-refractivity contribution in [2.24, 2.45) is 0 Å². The van der Waals surface area contributed by atoms with E-state index in [0.29, 0.717) is 19.3 Å². The van der Waals surface area contributed by atoms with E-state index in [2.05, 4.69) is 13.8 Å². The Morgan fingerprint density at radius 2 is 1.07 bits per heavy atom. The molecule has 0 bridgehead atoms. The maximum atomic E-state index is 12.1. The van der Waals surface area contributed by atoms with Gasteiger partial charge in [0.25, 0.3) is 0 Å². The summed E-state index contributed by atoms with van der Waals surface area (Å²) in [6.07, 6.45) is 10.1. The monoisotopic (exact) mass is 418 g/mol. The van der Waals surface area contributed by atoms with Crippen LogP contribution in [-0.4, -0.2) is 28.1 Å². The quantitative estimate of drug-likeness (QED) is 0.106. The summed E-state index contributed by atoms with van der Waals surface area (Å²) in [5, 5.41) is 9.91. The number of unbranched alkanes of at least 4 members (excludes halogenated alkanes) is 4. The number of aliphatic carboxylic acids is 1. The van der Waals surface area contributed by atoms with Gasteiger partial charge < -0.3 is 5.11 Å². The number of carbonyl (C=O) groups is 1. The molecule has 0 spiro atoms. The number of carboxylic acids is 1. The van der Waals surface area contributed by atoms with E-state index in [1.54, 1.807) is 0 Å². The molecule has 0 radical (unpaired) electrons. The lowest BCUT2D eigenvalue weighted by Crippen LogP contribution is -2.48. The molecule has 0 saturated carbocycles. The molecule has 0 aliphatic carbocycles. The number of rotatable bonds is 19. The van der Waals surface area contributed by atoms with Gasteiger partial charge in [-0.1, -0.05) is 79.6 Å². The van der Waals surface area contributed by atoms with Crippen LogP contribution in [0.15, 0.2) is 0 Å². The topological polar surface area (TPSA) is 74.2 Å². The molecule has 174 valence electrons. The number of hydrogen-bond acceptors (Lipinski definition) is 5. The minimum absolute atomic E-state index is 0.131. The highest BCUT2D eigenvalue weighted by molar-refractivity contribution is 5.75. The molecule has 1 N–H and O–H groups in total. The molecule has 0 aromatic carbocycles. The van der Waals surface area contributed by atoms with Crippen LogP contribution in [0.1, 0.15) is 126 Å². The molecule has 0 aromatic heterocycles. The molecule has 6 nitrogen and oxygen atoms in total. The van der Waals surface area contributed by atoms with E-state index in [9.17, 15) is 9.90 Å². The van der Waals surface area contributed by atoms with Crippen molar-refractivity contribution in [1.29, 1.82) is 0 Å². The lowest BCUT2D eigenvalue weighted by atomic mass is 9.96. The minimum Gasteiger partial charge on any atom is -0.477 e. The third kappa shape index (κ3) is 10.3. The van der Waals surface area contributed by atoms with Crippen molar-refractivity contribution >= 4 is 5.97 Å². The van der Waals surface area contributed by atoms with Crippen molar-refractivity contribution in [3.05, 3.63) is 0 Å². The fraction of sp³-hybridized carbons (Fsp3) is 0.957. The standard InChI is InChI=1S/C23H46O6/c1-8-13-15-18-21(6,11-4)26-28-23(17-10-3,20(24)25)29-27-22(7,12-5)19-16-14-9-2/h8-19H2,1-7H3,(H,24,25). The van der Waals surface area contributed by atoms with Crippen LogP contribution in [0, 0.1) is 0 Å². The lowest BCUT2D eigenvalue weighted by Gasteiger charge is -2.36. The van der Waals surface area contributed by atoms with Crippen molar-refractivity contribution in [3.8, 4) is 0 Å². The highest BCUT2D eigenvalue weighted by atomic mass is 17.3. The second-order valence-corrected chi connectivity index (χ2v) is 8.66. The predicted molar refractivity (Wildman–Crippen MR) is 115 cm³/mol. The lowest BCUT2D eigenvalue weighted by molar-refractivity contribution is -0.533. The molecule has 0 saturated heterocycles. The minimum atomic E-state index is -1.98. The Kier molecular flexibility index (Phi) is 14.0. The van der Waals surface area contributed by atoms with Gasteiger partial charge in [0.15, 0.2) is 0 Å². The second-order valence-electron chi connectivity index (χ2n) is 8.66. The Balaban J connectivity index is 5.23. The SMILES string of the molecule is CCCCCC(C)(CC)OOC(CCC)(OOC(C)(CC)CCCCC)C(=O)O. The molecular weight excluding hydrogens is 372 g/mol. The van der Waals surface area contributed by atoms with Crippen LogP contribution < -0.4 is 0 Å². The molecule has 0 aliphatic heterocycles. The molecule has 0 fully saturated rings. The smallest absolute Gasteiger partial charge is 0.370 e. The third-order valence-corrected chi connectivity index (χ3v) is 5.77. The number of carboxylic acid groups (broad SMARTS) is 1. The summed E-state index contributed by atoms with van der Waals surface area (Å²) >= 11 is 0. The van der Waals surface area contributed by atoms with Gasteiger partial charge in [0.05, 0.1) is 0 Å². The molecular formula is C23H46O6. The fourth-order valence-electron chi connectivity index (χ4n) is 2.99. The summed E-state index contributed by atoms with van der Waals surface area (Å²) in [7, 11) is 0. The summed E-state index contributed by atoms with van der Waals surface area (Å²) in [5.41, 5.74) is -1.13.